The summed E-state index contributed by atoms with van der Waals surface area (Å²) in [4.78, 5) is 6.95. The number of anilines is 1. The molecule has 0 bridgehead atoms. The van der Waals surface area contributed by atoms with E-state index in [0.29, 0.717) is 0 Å². The highest BCUT2D eigenvalue weighted by Crippen LogP contribution is 2.51. The lowest BCUT2D eigenvalue weighted by molar-refractivity contribution is 0.285. The Labute approximate surface area is 135 Å². The zero-order chi connectivity index (χ0) is 15.4. The number of rotatable bonds is 1. The molecule has 2 aliphatic rings. The van der Waals surface area contributed by atoms with Crippen molar-refractivity contribution in [1.82, 2.24) is 9.38 Å². The molecule has 2 aromatic heterocycles. The van der Waals surface area contributed by atoms with Gasteiger partial charge in [0.1, 0.15) is 5.76 Å². The number of hydrogen-bond donors (Lipinski definition) is 0. The molecule has 0 unspecified atom stereocenters. The van der Waals surface area contributed by atoms with Crippen LogP contribution < -0.4 is 4.90 Å². The first-order chi connectivity index (χ1) is 11.3. The van der Waals surface area contributed by atoms with Crippen molar-refractivity contribution in [2.24, 2.45) is 0 Å². The minimum Gasteiger partial charge on any atom is -0.426 e. The maximum atomic E-state index is 6.08. The molecule has 1 spiro atoms. The summed E-state index contributed by atoms with van der Waals surface area (Å²) in [5.41, 5.74) is 4.08. The van der Waals surface area contributed by atoms with E-state index < -0.39 is 0 Å². The molecular weight excluding hydrogens is 286 g/mol. The van der Waals surface area contributed by atoms with Gasteiger partial charge in [-0.1, -0.05) is 37.5 Å². The van der Waals surface area contributed by atoms with E-state index in [9.17, 15) is 0 Å². The normalized spacial score (nSPS) is 19.6. The second kappa shape index (κ2) is 4.63. The number of para-hydroxylation sites is 1. The molecule has 0 saturated heterocycles. The molecule has 0 atom stereocenters. The summed E-state index contributed by atoms with van der Waals surface area (Å²) in [5.74, 6) is 1.84. The van der Waals surface area contributed by atoms with Gasteiger partial charge in [0.15, 0.2) is 0 Å². The van der Waals surface area contributed by atoms with Crippen molar-refractivity contribution < 1.29 is 4.42 Å². The number of aryl methyl sites for hydroxylation is 1. The minimum atomic E-state index is 0.0612. The van der Waals surface area contributed by atoms with Gasteiger partial charge in [0.05, 0.1) is 17.8 Å². The maximum absolute atomic E-state index is 6.08. The summed E-state index contributed by atoms with van der Waals surface area (Å²) in [7, 11) is 0. The Morgan fingerprint density at radius 1 is 1.13 bits per heavy atom. The summed E-state index contributed by atoms with van der Waals surface area (Å²) in [6.07, 6.45) is 10.2. The molecule has 5 rings (SSSR count). The Kier molecular flexibility index (Phi) is 2.67. The smallest absolute Gasteiger partial charge is 0.306 e. The average molecular weight is 307 g/mol. The first-order valence-electron chi connectivity index (χ1n) is 8.58. The molecule has 1 aliphatic carbocycles. The van der Waals surface area contributed by atoms with Crippen LogP contribution in [0, 0.1) is 6.92 Å². The largest absolute Gasteiger partial charge is 0.426 e. The fraction of sp³-hybridized carbons (Fsp3) is 0.421. The van der Waals surface area contributed by atoms with Crippen molar-refractivity contribution in [3.8, 4) is 0 Å². The van der Waals surface area contributed by atoms with Crippen molar-refractivity contribution in [3.63, 3.8) is 0 Å². The molecule has 23 heavy (non-hydrogen) atoms. The van der Waals surface area contributed by atoms with Crippen LogP contribution in [-0.4, -0.2) is 9.38 Å². The molecule has 1 fully saturated rings. The second-order valence-electron chi connectivity index (χ2n) is 6.92. The molecule has 118 valence electrons. The predicted octanol–water partition coefficient (Wildman–Crippen LogP) is 4.42. The Morgan fingerprint density at radius 2 is 1.96 bits per heavy atom. The highest BCUT2D eigenvalue weighted by Gasteiger charge is 2.50. The van der Waals surface area contributed by atoms with E-state index in [0.717, 1.165) is 18.1 Å². The lowest BCUT2D eigenvalue weighted by Gasteiger charge is -2.43. The number of aromatic nitrogens is 2. The van der Waals surface area contributed by atoms with E-state index in [-0.39, 0.29) is 5.54 Å². The van der Waals surface area contributed by atoms with E-state index in [1.807, 2.05) is 6.20 Å². The van der Waals surface area contributed by atoms with Gasteiger partial charge >= 0.3 is 5.84 Å². The van der Waals surface area contributed by atoms with Crippen LogP contribution in [-0.2, 0) is 12.1 Å². The molecule has 1 saturated carbocycles. The van der Waals surface area contributed by atoms with E-state index in [2.05, 4.69) is 51.7 Å². The number of fused-ring (bicyclic) bond motifs is 4. The average Bonchev–Trinajstić information content (AvgIpc) is 3.21. The number of oxazole rings is 1. The summed E-state index contributed by atoms with van der Waals surface area (Å²) in [5, 5.41) is 0. The first-order valence-corrected chi connectivity index (χ1v) is 8.58. The summed E-state index contributed by atoms with van der Waals surface area (Å²) in [6.45, 7) is 3.06. The van der Waals surface area contributed by atoms with Crippen LogP contribution in [0.3, 0.4) is 0 Å². The van der Waals surface area contributed by atoms with Gasteiger partial charge in [-0.15, -0.1) is 0 Å². The van der Waals surface area contributed by atoms with Crippen LogP contribution in [0.4, 0.5) is 5.69 Å². The number of benzene rings is 1. The molecule has 3 heterocycles. The van der Waals surface area contributed by atoms with E-state index in [4.69, 9.17) is 4.42 Å². The van der Waals surface area contributed by atoms with Gasteiger partial charge in [0, 0.05) is 18.1 Å². The third kappa shape index (κ3) is 1.69. The number of imidazole rings is 1. The van der Waals surface area contributed by atoms with Crippen LogP contribution in [0.2, 0.25) is 0 Å². The number of nitrogens with zero attached hydrogens (tertiary/aromatic N) is 3. The van der Waals surface area contributed by atoms with Gasteiger partial charge in [-0.2, -0.15) is 0 Å². The van der Waals surface area contributed by atoms with E-state index in [1.54, 1.807) is 0 Å². The zero-order valence-electron chi connectivity index (χ0n) is 13.5. The molecule has 3 aromatic rings. The third-order valence-corrected chi connectivity index (χ3v) is 5.67. The van der Waals surface area contributed by atoms with Crippen LogP contribution >= 0.6 is 0 Å². The van der Waals surface area contributed by atoms with Gasteiger partial charge in [-0.3, -0.25) is 4.40 Å². The highest BCUT2D eigenvalue weighted by molar-refractivity contribution is 5.60. The zero-order valence-corrected chi connectivity index (χ0v) is 13.5. The highest BCUT2D eigenvalue weighted by atomic mass is 16.4. The topological polar surface area (TPSA) is 33.7 Å². The Morgan fingerprint density at radius 3 is 2.78 bits per heavy atom. The standard InChI is InChI=1S/C19H21N3O/c1-14-7-3-4-8-15(14)22-13-16-17(19(22)9-5-2-6-10-19)21-12-11-20-18(21)23-16/h3-4,7-8,11-12H,2,5-6,9-10,13H2,1H3. The lowest BCUT2D eigenvalue weighted by atomic mass is 9.79. The van der Waals surface area contributed by atoms with Crippen molar-refractivity contribution in [2.45, 2.75) is 51.1 Å². The fourth-order valence-corrected chi connectivity index (χ4v) is 4.67. The molecular formula is C19H21N3O. The van der Waals surface area contributed by atoms with E-state index >= 15 is 0 Å². The van der Waals surface area contributed by atoms with Gasteiger partial charge in [0.25, 0.3) is 0 Å². The van der Waals surface area contributed by atoms with Crippen molar-refractivity contribution >= 4 is 11.5 Å². The molecule has 1 aromatic carbocycles. The molecule has 0 amide bonds. The maximum Gasteiger partial charge on any atom is 0.306 e. The first kappa shape index (κ1) is 13.2. The Balaban J connectivity index is 1.73. The van der Waals surface area contributed by atoms with Crippen molar-refractivity contribution in [2.75, 3.05) is 4.90 Å². The van der Waals surface area contributed by atoms with Gasteiger partial charge in [-0.25, -0.2) is 4.98 Å². The summed E-state index contributed by atoms with van der Waals surface area (Å²) in [6, 6.07) is 8.72. The van der Waals surface area contributed by atoms with Gasteiger partial charge < -0.3 is 9.32 Å². The van der Waals surface area contributed by atoms with Crippen LogP contribution in [0.5, 0.6) is 0 Å². The molecule has 4 heteroatoms. The van der Waals surface area contributed by atoms with E-state index in [1.165, 1.54) is 49.0 Å². The summed E-state index contributed by atoms with van der Waals surface area (Å²) >= 11 is 0. The molecule has 0 radical (unpaired) electrons. The monoisotopic (exact) mass is 307 g/mol. The van der Waals surface area contributed by atoms with Gasteiger partial charge in [-0.05, 0) is 31.4 Å². The van der Waals surface area contributed by atoms with Crippen LogP contribution in [0.1, 0.15) is 49.1 Å². The predicted molar refractivity (Wildman–Crippen MR) is 89.6 cm³/mol. The second-order valence-corrected chi connectivity index (χ2v) is 6.92. The summed E-state index contributed by atoms with van der Waals surface area (Å²) < 4.78 is 8.26. The lowest BCUT2D eigenvalue weighted by Crippen LogP contribution is -2.44. The van der Waals surface area contributed by atoms with Gasteiger partial charge in [0.2, 0.25) is 0 Å². The molecule has 0 N–H and O–H groups in total. The Hall–Kier alpha value is -2.23. The SMILES string of the molecule is Cc1ccccc1N1Cc2oc3nccn3c2C12CCCCC2. The third-order valence-electron chi connectivity index (χ3n) is 5.67. The van der Waals surface area contributed by atoms with Crippen LogP contribution in [0.25, 0.3) is 5.84 Å². The fourth-order valence-electron chi connectivity index (χ4n) is 4.67. The Bertz CT molecular complexity index is 870. The van der Waals surface area contributed by atoms with Crippen molar-refractivity contribution in [3.05, 3.63) is 53.7 Å². The molecule has 4 nitrogen and oxygen atoms in total. The molecule has 1 aliphatic heterocycles. The minimum absolute atomic E-state index is 0.0612. The van der Waals surface area contributed by atoms with Crippen LogP contribution in [0.15, 0.2) is 41.1 Å². The number of hydrogen-bond acceptors (Lipinski definition) is 3. The quantitative estimate of drug-likeness (QED) is 0.667. The van der Waals surface area contributed by atoms with Crippen molar-refractivity contribution in [1.29, 1.82) is 0 Å².